The number of nitrogens with one attached hydrogen (secondary N) is 1. The molecule has 0 radical (unpaired) electrons. The van der Waals surface area contributed by atoms with Gasteiger partial charge in [-0.15, -0.1) is 11.3 Å². The van der Waals surface area contributed by atoms with Crippen molar-refractivity contribution in [3.8, 4) is 10.4 Å². The second kappa shape index (κ2) is 7.51. The minimum Gasteiger partial charge on any atom is -0.465 e. The van der Waals surface area contributed by atoms with Crippen LogP contribution < -0.4 is 5.32 Å². The Morgan fingerprint density at radius 2 is 2.11 bits per heavy atom. The number of aromatic nitrogens is 3. The van der Waals surface area contributed by atoms with E-state index in [9.17, 15) is 14.0 Å². The van der Waals surface area contributed by atoms with Crippen molar-refractivity contribution < 1.29 is 18.7 Å². The molecule has 1 N–H and O–H groups in total. The Balaban J connectivity index is 1.58. The van der Waals surface area contributed by atoms with Crippen molar-refractivity contribution in [2.24, 2.45) is 5.92 Å². The molecule has 1 amide bonds. The third-order valence-corrected chi connectivity index (χ3v) is 5.84. The van der Waals surface area contributed by atoms with Crippen molar-refractivity contribution in [3.63, 3.8) is 0 Å². The first-order valence-electron chi connectivity index (χ1n) is 8.71. The van der Waals surface area contributed by atoms with Gasteiger partial charge in [-0.1, -0.05) is 12.1 Å². The molecule has 0 saturated carbocycles. The number of ether oxygens (including phenoxy) is 1. The quantitative estimate of drug-likeness (QED) is 0.680. The average molecular weight is 400 g/mol. The Labute approximate surface area is 164 Å². The minimum atomic E-state index is -0.531. The van der Waals surface area contributed by atoms with Crippen LogP contribution >= 0.6 is 11.3 Å². The Morgan fingerprint density at radius 3 is 2.86 bits per heavy atom. The molecule has 3 heterocycles. The number of nitrogens with zero attached hydrogens (tertiary/aromatic N) is 3. The lowest BCUT2D eigenvalue weighted by Crippen LogP contribution is -2.31. The van der Waals surface area contributed by atoms with E-state index in [1.807, 2.05) is 0 Å². The number of carbonyl (C=O) groups is 2. The number of carbonyl (C=O) groups excluding carboxylic acids is 2. The molecular weight excluding hydrogens is 383 g/mol. The number of fused-ring (bicyclic) bond motifs is 1. The number of rotatable bonds is 4. The highest BCUT2D eigenvalue weighted by atomic mass is 32.1. The molecule has 3 aromatic rings. The Kier molecular flexibility index (Phi) is 4.91. The fraction of sp³-hybridized carbons (Fsp3) is 0.263. The van der Waals surface area contributed by atoms with E-state index < -0.39 is 5.97 Å². The van der Waals surface area contributed by atoms with Gasteiger partial charge in [0.15, 0.2) is 0 Å². The summed E-state index contributed by atoms with van der Waals surface area (Å²) in [6, 6.07) is 7.67. The van der Waals surface area contributed by atoms with Crippen LogP contribution in [0.1, 0.15) is 21.9 Å². The largest absolute Gasteiger partial charge is 0.465 e. The Bertz CT molecular complexity index is 1030. The van der Waals surface area contributed by atoms with E-state index >= 15 is 0 Å². The van der Waals surface area contributed by atoms with Crippen LogP contribution in [-0.4, -0.2) is 33.8 Å². The second-order valence-electron chi connectivity index (χ2n) is 6.43. The predicted molar refractivity (Wildman–Crippen MR) is 102 cm³/mol. The normalized spacial score (nSPS) is 15.7. The number of aryl methyl sites for hydroxylation is 1. The minimum absolute atomic E-state index is 0.178. The molecule has 0 saturated heterocycles. The first-order chi connectivity index (χ1) is 13.5. The summed E-state index contributed by atoms with van der Waals surface area (Å²) in [5.41, 5.74) is 1.15. The number of hydrogen-bond acceptors (Lipinski definition) is 6. The summed E-state index contributed by atoms with van der Waals surface area (Å²) in [5, 5.41) is 6.97. The number of amides is 1. The van der Waals surface area contributed by atoms with Crippen LogP contribution in [0.25, 0.3) is 10.4 Å². The number of methoxy groups -OCH3 is 1. The molecule has 1 aromatic carbocycles. The topological polar surface area (TPSA) is 86.1 Å². The molecule has 0 spiro atoms. The zero-order valence-corrected chi connectivity index (χ0v) is 15.8. The van der Waals surface area contributed by atoms with Gasteiger partial charge < -0.3 is 10.1 Å². The molecule has 1 aliphatic rings. The van der Waals surface area contributed by atoms with E-state index in [4.69, 9.17) is 4.74 Å². The predicted octanol–water partition coefficient (Wildman–Crippen LogP) is 3.13. The number of hydrogen-bond donors (Lipinski definition) is 1. The van der Waals surface area contributed by atoms with Gasteiger partial charge in [-0.05, 0) is 30.2 Å². The number of halogens is 1. The highest BCUT2D eigenvalue weighted by molar-refractivity contribution is 7.18. The summed E-state index contributed by atoms with van der Waals surface area (Å²) in [6.45, 7) is 0.627. The number of benzene rings is 1. The molecule has 0 aliphatic carbocycles. The van der Waals surface area contributed by atoms with Gasteiger partial charge >= 0.3 is 5.97 Å². The highest BCUT2D eigenvalue weighted by Gasteiger charge is 2.28. The summed E-state index contributed by atoms with van der Waals surface area (Å²) < 4.78 is 19.8. The van der Waals surface area contributed by atoms with Crippen molar-refractivity contribution in [1.29, 1.82) is 0 Å². The molecule has 7 nitrogen and oxygen atoms in total. The number of thiophene rings is 1. The maximum absolute atomic E-state index is 13.2. The fourth-order valence-electron chi connectivity index (χ4n) is 3.18. The summed E-state index contributed by atoms with van der Waals surface area (Å²) in [6.07, 6.45) is 2.62. The third kappa shape index (κ3) is 3.53. The fourth-order valence-corrected chi connectivity index (χ4v) is 4.21. The van der Waals surface area contributed by atoms with Crippen molar-refractivity contribution in [2.75, 3.05) is 12.4 Å². The monoisotopic (exact) mass is 400 g/mol. The van der Waals surface area contributed by atoms with Crippen LogP contribution in [-0.2, 0) is 22.5 Å². The molecule has 144 valence electrons. The summed E-state index contributed by atoms with van der Waals surface area (Å²) in [7, 11) is 1.29. The van der Waals surface area contributed by atoms with Crippen molar-refractivity contribution in [1.82, 2.24) is 14.8 Å². The van der Waals surface area contributed by atoms with Crippen LogP contribution in [0.2, 0.25) is 0 Å². The summed E-state index contributed by atoms with van der Waals surface area (Å²) in [4.78, 5) is 30.2. The molecule has 1 unspecified atom stereocenters. The van der Waals surface area contributed by atoms with E-state index in [2.05, 4.69) is 15.4 Å². The zero-order chi connectivity index (χ0) is 19.7. The molecule has 4 rings (SSSR count). The smallest absolute Gasteiger partial charge is 0.350 e. The maximum atomic E-state index is 13.2. The Hall–Kier alpha value is -3.07. The molecule has 0 bridgehead atoms. The maximum Gasteiger partial charge on any atom is 0.350 e. The van der Waals surface area contributed by atoms with Gasteiger partial charge in [0.25, 0.3) is 0 Å². The summed E-state index contributed by atoms with van der Waals surface area (Å²) in [5.74, 6) is -0.527. The lowest BCUT2D eigenvalue weighted by atomic mass is 9.97. The lowest BCUT2D eigenvalue weighted by Gasteiger charge is -2.21. The first kappa shape index (κ1) is 18.3. The van der Waals surface area contributed by atoms with Crippen molar-refractivity contribution >= 4 is 28.9 Å². The van der Waals surface area contributed by atoms with Crippen LogP contribution in [0, 0.1) is 11.7 Å². The average Bonchev–Trinajstić information content (AvgIpc) is 3.34. The second-order valence-corrected chi connectivity index (χ2v) is 7.48. The Morgan fingerprint density at radius 1 is 1.32 bits per heavy atom. The number of esters is 1. The van der Waals surface area contributed by atoms with Gasteiger partial charge in [0.1, 0.15) is 22.8 Å². The van der Waals surface area contributed by atoms with Gasteiger partial charge in [-0.25, -0.2) is 14.2 Å². The van der Waals surface area contributed by atoms with Gasteiger partial charge in [-0.2, -0.15) is 5.10 Å². The first-order valence-corrected chi connectivity index (χ1v) is 9.52. The van der Waals surface area contributed by atoms with Gasteiger partial charge in [0, 0.05) is 23.8 Å². The zero-order valence-electron chi connectivity index (χ0n) is 15.0. The summed E-state index contributed by atoms with van der Waals surface area (Å²) >= 11 is 1.19. The lowest BCUT2D eigenvalue weighted by molar-refractivity contribution is -0.120. The molecule has 1 atom stereocenters. The van der Waals surface area contributed by atoms with Crippen LogP contribution in [0.3, 0.4) is 0 Å². The standard InChI is InChI=1S/C19H17FN4O3S/c1-27-19(26)17-14(9-15(28-17)11-2-4-13(20)5-3-11)23-18(25)12-6-7-24-16(8-12)21-10-22-24/h2-5,9-10,12H,6-8H2,1H3,(H,23,25). The molecule has 2 aromatic heterocycles. The molecule has 1 aliphatic heterocycles. The third-order valence-electron chi connectivity index (χ3n) is 4.67. The van der Waals surface area contributed by atoms with E-state index in [1.54, 1.807) is 22.9 Å². The molecule has 28 heavy (non-hydrogen) atoms. The molecule has 9 heteroatoms. The molecular formula is C19H17FN4O3S. The van der Waals surface area contributed by atoms with E-state index in [-0.39, 0.29) is 17.6 Å². The van der Waals surface area contributed by atoms with Gasteiger partial charge in [0.2, 0.25) is 5.91 Å². The van der Waals surface area contributed by atoms with Crippen molar-refractivity contribution in [3.05, 3.63) is 53.2 Å². The van der Waals surface area contributed by atoms with E-state index in [1.165, 1.54) is 36.9 Å². The van der Waals surface area contributed by atoms with Crippen molar-refractivity contribution in [2.45, 2.75) is 19.4 Å². The SMILES string of the molecule is COC(=O)c1sc(-c2ccc(F)cc2)cc1NC(=O)C1CCn2ncnc2C1. The van der Waals surface area contributed by atoms with Gasteiger partial charge in [-0.3, -0.25) is 9.48 Å². The van der Waals surface area contributed by atoms with E-state index in [0.29, 0.717) is 30.0 Å². The van der Waals surface area contributed by atoms with Crippen LogP contribution in [0.5, 0.6) is 0 Å². The van der Waals surface area contributed by atoms with E-state index in [0.717, 1.165) is 16.3 Å². The highest BCUT2D eigenvalue weighted by Crippen LogP contribution is 2.36. The number of anilines is 1. The molecule has 0 fully saturated rings. The van der Waals surface area contributed by atoms with Crippen LogP contribution in [0.4, 0.5) is 10.1 Å². The van der Waals surface area contributed by atoms with Gasteiger partial charge in [0.05, 0.1) is 12.8 Å². The van der Waals surface area contributed by atoms with Crippen LogP contribution in [0.15, 0.2) is 36.7 Å².